The summed E-state index contributed by atoms with van der Waals surface area (Å²) >= 11 is 0. The van der Waals surface area contributed by atoms with E-state index in [-0.39, 0.29) is 11.9 Å². The van der Waals surface area contributed by atoms with Crippen LogP contribution < -0.4 is 0 Å². The van der Waals surface area contributed by atoms with Crippen molar-refractivity contribution in [2.45, 2.75) is 52.6 Å². The lowest BCUT2D eigenvalue weighted by Gasteiger charge is -2.19. The zero-order valence-corrected chi connectivity index (χ0v) is 9.45. The quantitative estimate of drug-likeness (QED) is 0.643. The number of aliphatic hydroxyl groups is 1. The van der Waals surface area contributed by atoms with E-state index in [0.29, 0.717) is 19.4 Å². The van der Waals surface area contributed by atoms with Crippen LogP contribution in [0.2, 0.25) is 0 Å². The summed E-state index contributed by atoms with van der Waals surface area (Å²) in [5.41, 5.74) is 0. The molecule has 3 heteroatoms. The fourth-order valence-electron chi connectivity index (χ4n) is 1.46. The summed E-state index contributed by atoms with van der Waals surface area (Å²) < 4.78 is 4.90. The second-order valence-corrected chi connectivity index (χ2v) is 3.48. The molecule has 1 N–H and O–H groups in total. The fourth-order valence-corrected chi connectivity index (χ4v) is 1.46. The molecule has 2 unspecified atom stereocenters. The molecule has 0 radical (unpaired) electrons. The molecule has 0 aromatic rings. The minimum atomic E-state index is -0.543. The summed E-state index contributed by atoms with van der Waals surface area (Å²) in [6.45, 7) is 6.13. The first-order valence-electron chi connectivity index (χ1n) is 5.51. The van der Waals surface area contributed by atoms with E-state index < -0.39 is 6.10 Å². The molecule has 2 atom stereocenters. The SMILES string of the molecule is CCCCC(O)C(CC)C(=O)OCC. The van der Waals surface area contributed by atoms with Gasteiger partial charge in [-0.05, 0) is 19.8 Å². The fraction of sp³-hybridized carbons (Fsp3) is 0.909. The van der Waals surface area contributed by atoms with Gasteiger partial charge in [0, 0.05) is 0 Å². The van der Waals surface area contributed by atoms with Crippen LogP contribution in [0.1, 0.15) is 46.5 Å². The summed E-state index contributed by atoms with van der Waals surface area (Å²) in [5.74, 6) is -0.611. The van der Waals surface area contributed by atoms with E-state index in [2.05, 4.69) is 6.92 Å². The maximum absolute atomic E-state index is 11.4. The average molecular weight is 202 g/mol. The van der Waals surface area contributed by atoms with Crippen molar-refractivity contribution in [1.82, 2.24) is 0 Å². The van der Waals surface area contributed by atoms with E-state index in [1.54, 1.807) is 6.92 Å². The van der Waals surface area contributed by atoms with Crippen LogP contribution >= 0.6 is 0 Å². The number of carbonyl (C=O) groups excluding carboxylic acids is 1. The highest BCUT2D eigenvalue weighted by molar-refractivity contribution is 5.73. The summed E-state index contributed by atoms with van der Waals surface area (Å²) in [7, 11) is 0. The number of hydrogen-bond donors (Lipinski definition) is 1. The van der Waals surface area contributed by atoms with Crippen LogP contribution in [0.5, 0.6) is 0 Å². The van der Waals surface area contributed by atoms with Gasteiger partial charge in [-0.15, -0.1) is 0 Å². The maximum atomic E-state index is 11.4. The van der Waals surface area contributed by atoms with E-state index in [0.717, 1.165) is 12.8 Å². The molecule has 0 aliphatic carbocycles. The number of esters is 1. The number of ether oxygens (including phenoxy) is 1. The Labute approximate surface area is 86.5 Å². The van der Waals surface area contributed by atoms with Gasteiger partial charge in [0.05, 0.1) is 18.6 Å². The van der Waals surface area contributed by atoms with Gasteiger partial charge in [-0.2, -0.15) is 0 Å². The van der Waals surface area contributed by atoms with Gasteiger partial charge >= 0.3 is 5.97 Å². The first-order chi connectivity index (χ1) is 6.67. The van der Waals surface area contributed by atoms with E-state index >= 15 is 0 Å². The zero-order chi connectivity index (χ0) is 11.0. The third kappa shape index (κ3) is 4.61. The smallest absolute Gasteiger partial charge is 0.311 e. The molecule has 0 aliphatic rings. The van der Waals surface area contributed by atoms with E-state index in [9.17, 15) is 9.90 Å². The molecule has 14 heavy (non-hydrogen) atoms. The standard InChI is InChI=1S/C11H22O3/c1-4-7-8-10(12)9(5-2)11(13)14-6-3/h9-10,12H,4-8H2,1-3H3. The molecule has 0 bridgehead atoms. The number of aliphatic hydroxyl groups excluding tert-OH is 1. The van der Waals surface area contributed by atoms with Gasteiger partial charge in [0.25, 0.3) is 0 Å². The van der Waals surface area contributed by atoms with Crippen LogP contribution in [0.4, 0.5) is 0 Å². The number of hydrogen-bond acceptors (Lipinski definition) is 3. The molecular weight excluding hydrogens is 180 g/mol. The molecule has 0 aliphatic heterocycles. The molecule has 3 nitrogen and oxygen atoms in total. The van der Waals surface area contributed by atoms with Crippen molar-refractivity contribution in [3.63, 3.8) is 0 Å². The second kappa shape index (κ2) is 7.80. The number of rotatable bonds is 7. The predicted molar refractivity (Wildman–Crippen MR) is 55.9 cm³/mol. The molecule has 0 saturated heterocycles. The number of unbranched alkanes of at least 4 members (excludes halogenated alkanes) is 1. The van der Waals surface area contributed by atoms with E-state index in [1.165, 1.54) is 0 Å². The van der Waals surface area contributed by atoms with Gasteiger partial charge < -0.3 is 9.84 Å². The molecule has 0 heterocycles. The van der Waals surface area contributed by atoms with Crippen molar-refractivity contribution < 1.29 is 14.6 Å². The van der Waals surface area contributed by atoms with Crippen molar-refractivity contribution in [2.24, 2.45) is 5.92 Å². The van der Waals surface area contributed by atoms with Crippen molar-refractivity contribution >= 4 is 5.97 Å². The predicted octanol–water partition coefficient (Wildman–Crippen LogP) is 2.13. The molecule has 0 aromatic carbocycles. The lowest BCUT2D eigenvalue weighted by atomic mass is 9.95. The van der Waals surface area contributed by atoms with Gasteiger partial charge in [0.15, 0.2) is 0 Å². The summed E-state index contributed by atoms with van der Waals surface area (Å²) in [6, 6.07) is 0. The Morgan fingerprint density at radius 2 is 2.00 bits per heavy atom. The number of carbonyl (C=O) groups is 1. The lowest BCUT2D eigenvalue weighted by molar-refractivity contribution is -0.152. The third-order valence-corrected chi connectivity index (χ3v) is 2.35. The molecular formula is C11H22O3. The largest absolute Gasteiger partial charge is 0.466 e. The monoisotopic (exact) mass is 202 g/mol. The van der Waals surface area contributed by atoms with Crippen molar-refractivity contribution in [3.8, 4) is 0 Å². The van der Waals surface area contributed by atoms with Crippen LogP contribution in [0.3, 0.4) is 0 Å². The Morgan fingerprint density at radius 1 is 1.36 bits per heavy atom. The Bertz CT molecular complexity index is 157. The second-order valence-electron chi connectivity index (χ2n) is 3.48. The van der Waals surface area contributed by atoms with Gasteiger partial charge in [0.1, 0.15) is 0 Å². The van der Waals surface area contributed by atoms with Crippen LogP contribution in [0.25, 0.3) is 0 Å². The molecule has 0 fully saturated rings. The Kier molecular flexibility index (Phi) is 7.48. The van der Waals surface area contributed by atoms with Gasteiger partial charge in [-0.25, -0.2) is 0 Å². The van der Waals surface area contributed by atoms with Crippen LogP contribution in [0, 0.1) is 5.92 Å². The summed E-state index contributed by atoms with van der Waals surface area (Å²) in [4.78, 5) is 11.4. The molecule has 0 rings (SSSR count). The lowest BCUT2D eigenvalue weighted by Crippen LogP contribution is -2.29. The maximum Gasteiger partial charge on any atom is 0.311 e. The molecule has 0 spiro atoms. The first-order valence-corrected chi connectivity index (χ1v) is 5.51. The highest BCUT2D eigenvalue weighted by atomic mass is 16.5. The highest BCUT2D eigenvalue weighted by Crippen LogP contribution is 2.16. The minimum Gasteiger partial charge on any atom is -0.466 e. The molecule has 0 aromatic heterocycles. The molecule has 84 valence electrons. The first kappa shape index (κ1) is 13.4. The van der Waals surface area contributed by atoms with Crippen molar-refractivity contribution in [3.05, 3.63) is 0 Å². The summed E-state index contributed by atoms with van der Waals surface area (Å²) in [6.07, 6.45) is 2.78. The van der Waals surface area contributed by atoms with Gasteiger partial charge in [-0.3, -0.25) is 4.79 Å². The van der Waals surface area contributed by atoms with Crippen LogP contribution in [-0.4, -0.2) is 23.8 Å². The normalized spacial score (nSPS) is 14.9. The third-order valence-electron chi connectivity index (χ3n) is 2.35. The molecule has 0 saturated carbocycles. The van der Waals surface area contributed by atoms with Crippen molar-refractivity contribution in [1.29, 1.82) is 0 Å². The van der Waals surface area contributed by atoms with Crippen LogP contribution in [-0.2, 0) is 9.53 Å². The zero-order valence-electron chi connectivity index (χ0n) is 9.45. The van der Waals surface area contributed by atoms with Crippen LogP contribution in [0.15, 0.2) is 0 Å². The topological polar surface area (TPSA) is 46.5 Å². The molecule has 0 amide bonds. The minimum absolute atomic E-state index is 0.265. The Morgan fingerprint density at radius 3 is 2.43 bits per heavy atom. The van der Waals surface area contributed by atoms with E-state index in [4.69, 9.17) is 4.74 Å². The summed E-state index contributed by atoms with van der Waals surface area (Å²) in [5, 5.41) is 9.74. The van der Waals surface area contributed by atoms with E-state index in [1.807, 2.05) is 6.92 Å². The van der Waals surface area contributed by atoms with Crippen molar-refractivity contribution in [2.75, 3.05) is 6.61 Å². The van der Waals surface area contributed by atoms with Gasteiger partial charge in [0.2, 0.25) is 0 Å². The van der Waals surface area contributed by atoms with Gasteiger partial charge in [-0.1, -0.05) is 26.7 Å². The average Bonchev–Trinajstić information content (AvgIpc) is 2.16. The highest BCUT2D eigenvalue weighted by Gasteiger charge is 2.25. The Hall–Kier alpha value is -0.570. The Balaban J connectivity index is 4.03.